The zero-order valence-corrected chi connectivity index (χ0v) is 56.5. The van der Waals surface area contributed by atoms with Crippen LogP contribution in [0.3, 0.4) is 0 Å². The summed E-state index contributed by atoms with van der Waals surface area (Å²) in [6.07, 6.45) is 88.7. The molecule has 1 N–H and O–H groups in total. The molecule has 10 heteroatoms. The van der Waals surface area contributed by atoms with Gasteiger partial charge in [-0.3, -0.25) is 18.6 Å². The van der Waals surface area contributed by atoms with Gasteiger partial charge in [-0.1, -0.05) is 304 Å². The molecule has 0 aliphatic heterocycles. The Kier molecular flexibility index (Phi) is 62.5. The van der Waals surface area contributed by atoms with Gasteiger partial charge in [0, 0.05) is 12.8 Å². The minimum atomic E-state index is -4.40. The van der Waals surface area contributed by atoms with Crippen molar-refractivity contribution in [2.24, 2.45) is 0 Å². The van der Waals surface area contributed by atoms with Crippen molar-refractivity contribution in [2.45, 2.75) is 328 Å². The lowest BCUT2D eigenvalue weighted by Gasteiger charge is -2.24. The van der Waals surface area contributed by atoms with Crippen LogP contribution < -0.4 is 0 Å². The van der Waals surface area contributed by atoms with Gasteiger partial charge in [0.2, 0.25) is 0 Å². The fraction of sp³-hybridized carbons (Fsp3) is 0.784. The quantitative estimate of drug-likeness (QED) is 0.0211. The highest BCUT2D eigenvalue weighted by atomic mass is 31.2. The number of phosphoric acid groups is 1. The molecule has 2 unspecified atom stereocenters. The monoisotopic (exact) mass is 1200 g/mol. The van der Waals surface area contributed by atoms with Gasteiger partial charge in [0.05, 0.1) is 27.7 Å². The molecule has 0 fully saturated rings. The second kappa shape index (κ2) is 64.7. The van der Waals surface area contributed by atoms with Gasteiger partial charge in [-0.2, -0.15) is 0 Å². The smallest absolute Gasteiger partial charge is 0.462 e. The average molecular weight is 1200 g/mol. The number of rotatable bonds is 65. The molecule has 0 rings (SSSR count). The fourth-order valence-corrected chi connectivity index (χ4v) is 10.8. The van der Waals surface area contributed by atoms with Crippen LogP contribution in [0, 0.1) is 0 Å². The fourth-order valence-electron chi connectivity index (χ4n) is 10.0. The van der Waals surface area contributed by atoms with Crippen LogP contribution in [0.4, 0.5) is 0 Å². The predicted octanol–water partition coefficient (Wildman–Crippen LogP) is 22.9. The number of carbonyl (C=O) groups excluding carboxylic acids is 2. The number of carbonyl (C=O) groups is 2. The van der Waals surface area contributed by atoms with Crippen LogP contribution in [0.25, 0.3) is 0 Å². The molecular formula is C74H135NO8P+. The molecule has 0 aromatic heterocycles. The number of quaternary nitrogens is 1. The van der Waals surface area contributed by atoms with Gasteiger partial charge in [-0.15, -0.1) is 0 Å². The van der Waals surface area contributed by atoms with Crippen LogP contribution in [0.2, 0.25) is 0 Å². The molecule has 0 saturated carbocycles. The summed E-state index contributed by atoms with van der Waals surface area (Å²) in [5.41, 5.74) is 0. The third kappa shape index (κ3) is 68.3. The van der Waals surface area contributed by atoms with Crippen LogP contribution in [-0.2, 0) is 32.7 Å². The second-order valence-electron chi connectivity index (χ2n) is 24.9. The van der Waals surface area contributed by atoms with Gasteiger partial charge >= 0.3 is 19.8 Å². The van der Waals surface area contributed by atoms with Crippen molar-refractivity contribution in [3.63, 3.8) is 0 Å². The van der Waals surface area contributed by atoms with E-state index in [9.17, 15) is 19.0 Å². The molecule has 2 atom stereocenters. The number of ether oxygens (including phenoxy) is 2. The number of unbranched alkanes of at least 4 members (excludes halogenated alkanes) is 37. The largest absolute Gasteiger partial charge is 0.472 e. The summed E-state index contributed by atoms with van der Waals surface area (Å²) in [7, 11) is 1.46. The lowest BCUT2D eigenvalue weighted by molar-refractivity contribution is -0.870. The van der Waals surface area contributed by atoms with E-state index in [2.05, 4.69) is 98.9 Å². The van der Waals surface area contributed by atoms with Crippen molar-refractivity contribution in [3.8, 4) is 0 Å². The summed E-state index contributed by atoms with van der Waals surface area (Å²) in [6.45, 7) is 4.30. The van der Waals surface area contributed by atoms with E-state index in [1.54, 1.807) is 0 Å². The highest BCUT2D eigenvalue weighted by molar-refractivity contribution is 7.47. The van der Waals surface area contributed by atoms with Crippen molar-refractivity contribution in [1.82, 2.24) is 0 Å². The third-order valence-corrected chi connectivity index (χ3v) is 16.4. The average Bonchev–Trinajstić information content (AvgIpc) is 3.61. The Morgan fingerprint density at radius 2 is 0.679 bits per heavy atom. The molecule has 0 aliphatic rings. The summed E-state index contributed by atoms with van der Waals surface area (Å²) in [5.74, 6) is -0.827. The number of phosphoric ester groups is 1. The molecule has 9 nitrogen and oxygen atoms in total. The van der Waals surface area contributed by atoms with Crippen molar-refractivity contribution in [2.75, 3.05) is 47.5 Å². The highest BCUT2D eigenvalue weighted by Crippen LogP contribution is 2.43. The van der Waals surface area contributed by atoms with E-state index in [0.717, 1.165) is 77.0 Å². The van der Waals surface area contributed by atoms with E-state index in [-0.39, 0.29) is 32.0 Å². The first-order valence-corrected chi connectivity index (χ1v) is 36.8. The summed E-state index contributed by atoms with van der Waals surface area (Å²) in [5, 5.41) is 0. The Bertz CT molecular complexity index is 1690. The second-order valence-corrected chi connectivity index (χ2v) is 26.3. The molecule has 0 spiro atoms. The number of likely N-dealkylation sites (N-methyl/N-ethyl adjacent to an activating group) is 1. The van der Waals surface area contributed by atoms with Crippen molar-refractivity contribution >= 4 is 19.8 Å². The summed E-state index contributed by atoms with van der Waals surface area (Å²) < 4.78 is 34.6. The standard InChI is InChI=1S/C74H134NO8P/c1-6-8-10-12-14-16-18-20-22-24-26-27-28-29-30-31-32-33-34-35-36-37-38-39-40-41-42-43-44-45-46-47-49-50-52-54-56-58-60-62-64-66-73(76)80-70-72(71-82-84(78,79)81-69-68-75(3,4)5)83-74(77)67-65-63-61-59-57-55-53-51-48-25-23-21-19-17-15-13-11-9-7-2/h9,11,15,17-18,20-21,23-24,26,48,51,55,57,72H,6-8,10,12-14,16,19,22,25,27-47,49-50,52-54,56,58-71H2,1-5H3/p+1/b11-9-,17-15-,20-18-,23-21-,26-24-,51-48-,57-55-. The number of esters is 2. The molecule has 488 valence electrons. The molecule has 0 aromatic rings. The number of allylic oxidation sites excluding steroid dienone is 14. The zero-order valence-electron chi connectivity index (χ0n) is 55.6. The summed E-state index contributed by atoms with van der Waals surface area (Å²) in [4.78, 5) is 35.8. The molecule has 0 radical (unpaired) electrons. The van der Waals surface area contributed by atoms with Crippen LogP contribution in [0.15, 0.2) is 85.1 Å². The third-order valence-electron chi connectivity index (χ3n) is 15.4. The Labute approximate surface area is 520 Å². The van der Waals surface area contributed by atoms with E-state index in [1.807, 2.05) is 21.1 Å². The molecule has 0 saturated heterocycles. The molecule has 0 aliphatic carbocycles. The zero-order chi connectivity index (χ0) is 61.2. The van der Waals surface area contributed by atoms with Crippen LogP contribution >= 0.6 is 7.82 Å². The van der Waals surface area contributed by atoms with Crippen LogP contribution in [0.5, 0.6) is 0 Å². The van der Waals surface area contributed by atoms with E-state index in [0.29, 0.717) is 17.4 Å². The minimum absolute atomic E-state index is 0.0229. The topological polar surface area (TPSA) is 108 Å². The number of hydrogen-bond acceptors (Lipinski definition) is 7. The van der Waals surface area contributed by atoms with Gasteiger partial charge in [0.25, 0.3) is 0 Å². The van der Waals surface area contributed by atoms with Gasteiger partial charge in [0.1, 0.15) is 19.8 Å². The Morgan fingerprint density at radius 1 is 0.381 bits per heavy atom. The SMILES string of the molecule is CC/C=C\C/C=C\C/C=C\C/C=C\C/C=C\CCCCCC(=O)OC(COC(=O)CCCCCCCCCCCCCCCCCCCCCCCCCCCCCCC/C=C\C/C=C\CCCCCCC)COP(=O)(O)OCC[N+](C)(C)C. The summed E-state index contributed by atoms with van der Waals surface area (Å²) in [6, 6.07) is 0. The molecule has 0 aromatic carbocycles. The van der Waals surface area contributed by atoms with Crippen LogP contribution in [0.1, 0.15) is 322 Å². The first-order valence-electron chi connectivity index (χ1n) is 35.3. The van der Waals surface area contributed by atoms with Crippen molar-refractivity contribution in [1.29, 1.82) is 0 Å². The van der Waals surface area contributed by atoms with Crippen LogP contribution in [-0.4, -0.2) is 74.9 Å². The first-order chi connectivity index (χ1) is 41.0. The maximum Gasteiger partial charge on any atom is 0.472 e. The first kappa shape index (κ1) is 81.2. The lowest BCUT2D eigenvalue weighted by atomic mass is 10.0. The molecule has 0 amide bonds. The number of hydrogen-bond donors (Lipinski definition) is 1. The lowest BCUT2D eigenvalue weighted by Crippen LogP contribution is -2.37. The van der Waals surface area contributed by atoms with E-state index in [1.165, 1.54) is 212 Å². The van der Waals surface area contributed by atoms with Crippen molar-refractivity contribution < 1.29 is 42.1 Å². The Morgan fingerprint density at radius 3 is 1.02 bits per heavy atom. The minimum Gasteiger partial charge on any atom is -0.462 e. The predicted molar refractivity (Wildman–Crippen MR) is 362 cm³/mol. The molecule has 84 heavy (non-hydrogen) atoms. The van der Waals surface area contributed by atoms with E-state index < -0.39 is 26.5 Å². The van der Waals surface area contributed by atoms with Gasteiger partial charge in [-0.05, 0) is 89.9 Å². The van der Waals surface area contributed by atoms with Gasteiger partial charge < -0.3 is 18.9 Å². The molecule has 0 bridgehead atoms. The maximum absolute atomic E-state index is 12.8. The number of nitrogens with zero attached hydrogens (tertiary/aromatic N) is 1. The van der Waals surface area contributed by atoms with Gasteiger partial charge in [0.15, 0.2) is 6.10 Å². The highest BCUT2D eigenvalue weighted by Gasteiger charge is 2.27. The maximum atomic E-state index is 12.8. The molecule has 0 heterocycles. The Hall–Kier alpha value is -2.81. The normalized spacial score (nSPS) is 13.6. The van der Waals surface area contributed by atoms with Crippen molar-refractivity contribution in [3.05, 3.63) is 85.1 Å². The molecular weight excluding hydrogens is 1060 g/mol. The van der Waals surface area contributed by atoms with E-state index >= 15 is 0 Å². The van der Waals surface area contributed by atoms with Gasteiger partial charge in [-0.25, -0.2) is 4.57 Å². The van der Waals surface area contributed by atoms with E-state index in [4.69, 9.17) is 18.5 Å². The Balaban J connectivity index is 3.91. The summed E-state index contributed by atoms with van der Waals surface area (Å²) >= 11 is 0.